The molecule has 1 N–H and O–H groups in total. The molecule has 1 amide bonds. The Labute approximate surface area is 114 Å². The Balaban J connectivity index is 2.31. The molecule has 1 unspecified atom stereocenters. The van der Waals surface area contributed by atoms with Gasteiger partial charge in [0.15, 0.2) is 5.78 Å². The summed E-state index contributed by atoms with van der Waals surface area (Å²) < 4.78 is 0. The van der Waals surface area contributed by atoms with Gasteiger partial charge < -0.3 is 5.32 Å². The second-order valence-electron chi connectivity index (χ2n) is 6.17. The molecule has 19 heavy (non-hydrogen) atoms. The van der Waals surface area contributed by atoms with Crippen LogP contribution in [0.4, 0.5) is 0 Å². The summed E-state index contributed by atoms with van der Waals surface area (Å²) >= 11 is 0. The van der Waals surface area contributed by atoms with Crippen LogP contribution in [0.5, 0.6) is 0 Å². The van der Waals surface area contributed by atoms with Crippen molar-refractivity contribution in [1.29, 1.82) is 0 Å². The standard InChI is InChI=1S/C16H21NO2/c1-16(2,3)12-8-5-4-7-11(12)15(19)13-9-6-10-14(18)17-13/h4-5,7-8,13H,6,9-10H2,1-3H3,(H,17,18). The summed E-state index contributed by atoms with van der Waals surface area (Å²) in [5.74, 6) is 0.0245. The van der Waals surface area contributed by atoms with E-state index < -0.39 is 0 Å². The Morgan fingerprint density at radius 3 is 2.58 bits per heavy atom. The Bertz CT molecular complexity index is 500. The van der Waals surface area contributed by atoms with E-state index in [2.05, 4.69) is 26.1 Å². The molecule has 0 aromatic heterocycles. The minimum absolute atomic E-state index is 0.0159. The Hall–Kier alpha value is -1.64. The lowest BCUT2D eigenvalue weighted by Gasteiger charge is -2.26. The topological polar surface area (TPSA) is 46.2 Å². The first-order valence-corrected chi connectivity index (χ1v) is 6.82. The zero-order valence-electron chi connectivity index (χ0n) is 11.8. The van der Waals surface area contributed by atoms with E-state index in [9.17, 15) is 9.59 Å². The molecule has 0 saturated carbocycles. The van der Waals surface area contributed by atoms with Crippen molar-refractivity contribution >= 4 is 11.7 Å². The maximum Gasteiger partial charge on any atom is 0.220 e. The Morgan fingerprint density at radius 2 is 1.95 bits per heavy atom. The van der Waals surface area contributed by atoms with Crippen LogP contribution in [0, 0.1) is 0 Å². The molecule has 1 aromatic carbocycles. The van der Waals surface area contributed by atoms with E-state index in [0.29, 0.717) is 6.42 Å². The fraction of sp³-hybridized carbons (Fsp3) is 0.500. The number of Topliss-reactive ketones (excluding diaryl/α,β-unsaturated/α-hetero) is 1. The van der Waals surface area contributed by atoms with Gasteiger partial charge >= 0.3 is 0 Å². The van der Waals surface area contributed by atoms with Gasteiger partial charge in [-0.1, -0.05) is 45.0 Å². The van der Waals surface area contributed by atoms with Crippen molar-refractivity contribution < 1.29 is 9.59 Å². The normalized spacial score (nSPS) is 19.9. The number of rotatable bonds is 2. The van der Waals surface area contributed by atoms with Crippen LogP contribution in [0.3, 0.4) is 0 Å². The Morgan fingerprint density at radius 1 is 1.26 bits per heavy atom. The molecule has 1 aliphatic heterocycles. The summed E-state index contributed by atoms with van der Waals surface area (Å²) in [4.78, 5) is 24.0. The van der Waals surface area contributed by atoms with Crippen LogP contribution >= 0.6 is 0 Å². The van der Waals surface area contributed by atoms with Crippen molar-refractivity contribution in [3.63, 3.8) is 0 Å². The first-order valence-electron chi connectivity index (χ1n) is 6.82. The predicted molar refractivity (Wildman–Crippen MR) is 75.3 cm³/mol. The maximum atomic E-state index is 12.6. The van der Waals surface area contributed by atoms with Crippen LogP contribution < -0.4 is 5.32 Å². The number of benzene rings is 1. The highest BCUT2D eigenvalue weighted by molar-refractivity contribution is 6.03. The molecule has 3 heteroatoms. The van der Waals surface area contributed by atoms with Gasteiger partial charge in [0.05, 0.1) is 6.04 Å². The number of carbonyl (C=O) groups is 2. The number of hydrogen-bond acceptors (Lipinski definition) is 2. The summed E-state index contributed by atoms with van der Waals surface area (Å²) in [7, 11) is 0. The quantitative estimate of drug-likeness (QED) is 0.830. The van der Waals surface area contributed by atoms with E-state index in [1.165, 1.54) is 0 Å². The fourth-order valence-electron chi connectivity index (χ4n) is 2.54. The summed E-state index contributed by atoms with van der Waals surface area (Å²) in [5, 5.41) is 2.80. The second kappa shape index (κ2) is 5.16. The molecule has 0 aliphatic carbocycles. The average Bonchev–Trinajstić information content (AvgIpc) is 2.37. The van der Waals surface area contributed by atoms with Crippen LogP contribution in [-0.2, 0) is 10.2 Å². The third-order valence-electron chi connectivity index (χ3n) is 3.55. The molecular weight excluding hydrogens is 238 g/mol. The average molecular weight is 259 g/mol. The first kappa shape index (κ1) is 13.8. The van der Waals surface area contributed by atoms with Crippen molar-refractivity contribution in [3.05, 3.63) is 35.4 Å². The highest BCUT2D eigenvalue weighted by Gasteiger charge is 2.29. The van der Waals surface area contributed by atoms with Crippen molar-refractivity contribution in [1.82, 2.24) is 5.32 Å². The number of hydrogen-bond donors (Lipinski definition) is 1. The molecule has 1 saturated heterocycles. The van der Waals surface area contributed by atoms with Crippen LogP contribution in [0.2, 0.25) is 0 Å². The van der Waals surface area contributed by atoms with E-state index in [0.717, 1.165) is 24.0 Å². The van der Waals surface area contributed by atoms with Crippen LogP contribution in [0.15, 0.2) is 24.3 Å². The predicted octanol–water partition coefficient (Wildman–Crippen LogP) is 2.84. The molecule has 0 spiro atoms. The second-order valence-corrected chi connectivity index (χ2v) is 6.17. The van der Waals surface area contributed by atoms with Crippen LogP contribution in [-0.4, -0.2) is 17.7 Å². The number of nitrogens with one attached hydrogen (secondary N) is 1. The number of ketones is 1. The van der Waals surface area contributed by atoms with Crippen molar-refractivity contribution in [2.24, 2.45) is 0 Å². The zero-order chi connectivity index (χ0) is 14.0. The van der Waals surface area contributed by atoms with E-state index >= 15 is 0 Å². The molecule has 0 bridgehead atoms. The molecule has 0 radical (unpaired) electrons. The van der Waals surface area contributed by atoms with Gasteiger partial charge in [0.25, 0.3) is 0 Å². The zero-order valence-corrected chi connectivity index (χ0v) is 11.8. The minimum atomic E-state index is -0.357. The third-order valence-corrected chi connectivity index (χ3v) is 3.55. The Kier molecular flexibility index (Phi) is 3.74. The summed E-state index contributed by atoms with van der Waals surface area (Å²) in [6.45, 7) is 6.29. The van der Waals surface area contributed by atoms with Crippen LogP contribution in [0.1, 0.15) is 56.0 Å². The van der Waals surface area contributed by atoms with Gasteiger partial charge in [0, 0.05) is 12.0 Å². The monoisotopic (exact) mass is 259 g/mol. The molecule has 102 valence electrons. The summed E-state index contributed by atoms with van der Waals surface area (Å²) in [6, 6.07) is 7.34. The first-order chi connectivity index (χ1) is 8.89. The molecule has 3 nitrogen and oxygen atoms in total. The van der Waals surface area contributed by atoms with Gasteiger partial charge in [0.1, 0.15) is 0 Å². The largest absolute Gasteiger partial charge is 0.346 e. The van der Waals surface area contributed by atoms with Crippen molar-refractivity contribution in [2.45, 2.75) is 51.5 Å². The van der Waals surface area contributed by atoms with E-state index in [4.69, 9.17) is 0 Å². The van der Waals surface area contributed by atoms with Gasteiger partial charge in [-0.3, -0.25) is 9.59 Å². The highest BCUT2D eigenvalue weighted by Crippen LogP contribution is 2.27. The molecule has 1 atom stereocenters. The van der Waals surface area contributed by atoms with E-state index in [1.807, 2.05) is 24.3 Å². The van der Waals surface area contributed by atoms with Crippen molar-refractivity contribution in [3.8, 4) is 0 Å². The number of piperidine rings is 1. The molecule has 1 fully saturated rings. The van der Waals surface area contributed by atoms with Crippen molar-refractivity contribution in [2.75, 3.05) is 0 Å². The lowest BCUT2D eigenvalue weighted by Crippen LogP contribution is -2.44. The summed E-state index contributed by atoms with van der Waals surface area (Å²) in [5.41, 5.74) is 1.70. The fourth-order valence-corrected chi connectivity index (χ4v) is 2.54. The number of amides is 1. The lowest BCUT2D eigenvalue weighted by molar-refractivity contribution is -0.122. The van der Waals surface area contributed by atoms with Gasteiger partial charge in [-0.25, -0.2) is 0 Å². The minimum Gasteiger partial charge on any atom is -0.346 e. The number of carbonyl (C=O) groups excluding carboxylic acids is 2. The van der Waals surface area contributed by atoms with Gasteiger partial charge in [0.2, 0.25) is 5.91 Å². The maximum absolute atomic E-state index is 12.6. The van der Waals surface area contributed by atoms with Gasteiger partial charge in [-0.2, -0.15) is 0 Å². The molecular formula is C16H21NO2. The highest BCUT2D eigenvalue weighted by atomic mass is 16.2. The lowest BCUT2D eigenvalue weighted by atomic mass is 9.81. The third kappa shape index (κ3) is 3.03. The van der Waals surface area contributed by atoms with E-state index in [1.54, 1.807) is 0 Å². The summed E-state index contributed by atoms with van der Waals surface area (Å²) in [6.07, 6.45) is 2.06. The van der Waals surface area contributed by atoms with Gasteiger partial charge in [-0.15, -0.1) is 0 Å². The molecule has 1 aromatic rings. The van der Waals surface area contributed by atoms with Gasteiger partial charge in [-0.05, 0) is 23.8 Å². The van der Waals surface area contributed by atoms with Crippen LogP contribution in [0.25, 0.3) is 0 Å². The molecule has 1 aliphatic rings. The molecule has 2 rings (SSSR count). The smallest absolute Gasteiger partial charge is 0.220 e. The van der Waals surface area contributed by atoms with E-state index in [-0.39, 0.29) is 23.1 Å². The SMILES string of the molecule is CC(C)(C)c1ccccc1C(=O)C1CCCC(=O)N1. The molecule has 1 heterocycles.